The molecular weight excluding hydrogens is 312 g/mol. The molecule has 1 aromatic rings. The first-order valence-electron chi connectivity index (χ1n) is 8.09. The lowest BCUT2D eigenvalue weighted by Crippen LogP contribution is -2.32. The molecule has 0 atom stereocenters. The van der Waals surface area contributed by atoms with Crippen molar-refractivity contribution in [2.24, 2.45) is 5.41 Å². The van der Waals surface area contributed by atoms with Crippen molar-refractivity contribution >= 4 is 23.3 Å². The summed E-state index contributed by atoms with van der Waals surface area (Å²) in [5.74, 6) is -1.18. The van der Waals surface area contributed by atoms with Crippen LogP contribution >= 0.6 is 0 Å². The molecule has 0 radical (unpaired) electrons. The third kappa shape index (κ3) is 4.31. The molecule has 1 saturated carbocycles. The van der Waals surface area contributed by atoms with E-state index in [2.05, 4.69) is 5.32 Å². The molecule has 0 bridgehead atoms. The maximum absolute atomic E-state index is 12.4. The van der Waals surface area contributed by atoms with Gasteiger partial charge in [-0.25, -0.2) is 0 Å². The number of benzene rings is 1. The van der Waals surface area contributed by atoms with Crippen LogP contribution in [-0.2, 0) is 9.59 Å². The van der Waals surface area contributed by atoms with Gasteiger partial charge in [-0.15, -0.1) is 0 Å². The Morgan fingerprint density at radius 2 is 1.92 bits per heavy atom. The number of hydrogen-bond acceptors (Lipinski definition) is 4. The summed E-state index contributed by atoms with van der Waals surface area (Å²) in [5, 5.41) is 22.9. The van der Waals surface area contributed by atoms with Gasteiger partial charge >= 0.3 is 5.97 Å². The minimum absolute atomic E-state index is 0.0195. The number of carboxylic acid groups (broad SMARTS) is 1. The number of anilines is 1. The number of nitrogens with zero attached hydrogens (tertiary/aromatic N) is 1. The standard InChI is InChI=1S/C17H22N2O5/c1-12-13(6-5-7-14(12)19(23)24)18-15(20)10-17(11-16(21)22)8-3-2-4-9-17/h5-7H,2-4,8-11H2,1H3,(H,18,20)(H,21,22). The van der Waals surface area contributed by atoms with Gasteiger partial charge in [0.1, 0.15) is 0 Å². The Morgan fingerprint density at radius 1 is 1.25 bits per heavy atom. The van der Waals surface area contributed by atoms with Crippen molar-refractivity contribution in [2.45, 2.75) is 51.9 Å². The van der Waals surface area contributed by atoms with E-state index in [1.54, 1.807) is 13.0 Å². The van der Waals surface area contributed by atoms with Crippen LogP contribution in [0.15, 0.2) is 18.2 Å². The summed E-state index contributed by atoms with van der Waals surface area (Å²) in [4.78, 5) is 34.1. The number of carbonyl (C=O) groups is 2. The van der Waals surface area contributed by atoms with Gasteiger partial charge in [0.25, 0.3) is 5.69 Å². The number of hydrogen-bond donors (Lipinski definition) is 2. The van der Waals surface area contributed by atoms with Gasteiger partial charge in [-0.1, -0.05) is 25.3 Å². The highest BCUT2D eigenvalue weighted by atomic mass is 16.6. The van der Waals surface area contributed by atoms with Gasteiger partial charge in [0.05, 0.1) is 22.6 Å². The Bertz CT molecular complexity index is 650. The van der Waals surface area contributed by atoms with Crippen molar-refractivity contribution < 1.29 is 19.6 Å². The fourth-order valence-electron chi connectivity index (χ4n) is 3.53. The van der Waals surface area contributed by atoms with Crippen LogP contribution in [-0.4, -0.2) is 21.9 Å². The predicted octanol–water partition coefficient (Wildman–Crippen LogP) is 3.66. The summed E-state index contributed by atoms with van der Waals surface area (Å²) in [7, 11) is 0. The molecule has 2 rings (SSSR count). The van der Waals surface area contributed by atoms with E-state index in [-0.39, 0.29) is 24.4 Å². The van der Waals surface area contributed by atoms with E-state index < -0.39 is 16.3 Å². The molecule has 7 heteroatoms. The van der Waals surface area contributed by atoms with Crippen LogP contribution in [0.4, 0.5) is 11.4 Å². The van der Waals surface area contributed by atoms with E-state index in [0.717, 1.165) is 32.1 Å². The molecule has 1 amide bonds. The van der Waals surface area contributed by atoms with Crippen molar-refractivity contribution in [3.05, 3.63) is 33.9 Å². The Morgan fingerprint density at radius 3 is 2.50 bits per heavy atom. The fourth-order valence-corrected chi connectivity index (χ4v) is 3.53. The summed E-state index contributed by atoms with van der Waals surface area (Å²) in [5.41, 5.74) is 0.232. The first-order chi connectivity index (χ1) is 11.3. The number of aliphatic carboxylic acids is 1. The van der Waals surface area contributed by atoms with Crippen LogP contribution in [0.3, 0.4) is 0 Å². The molecule has 130 valence electrons. The Balaban J connectivity index is 2.13. The van der Waals surface area contributed by atoms with E-state index in [0.29, 0.717) is 11.3 Å². The van der Waals surface area contributed by atoms with Crippen molar-refractivity contribution in [1.82, 2.24) is 0 Å². The summed E-state index contributed by atoms with van der Waals surface area (Å²) >= 11 is 0. The SMILES string of the molecule is Cc1c(NC(=O)CC2(CC(=O)O)CCCCC2)cccc1[N+](=O)[O-]. The van der Waals surface area contributed by atoms with Crippen molar-refractivity contribution in [2.75, 3.05) is 5.32 Å². The number of carbonyl (C=O) groups excluding carboxylic acids is 1. The maximum atomic E-state index is 12.4. The first-order valence-corrected chi connectivity index (χ1v) is 8.09. The molecule has 24 heavy (non-hydrogen) atoms. The van der Waals surface area contributed by atoms with E-state index in [1.807, 2.05) is 0 Å². The van der Waals surface area contributed by atoms with Gasteiger partial charge in [-0.05, 0) is 31.2 Å². The largest absolute Gasteiger partial charge is 0.481 e. The Labute approximate surface area is 140 Å². The number of amides is 1. The molecule has 1 aromatic carbocycles. The molecule has 0 unspecified atom stereocenters. The minimum atomic E-state index is -0.892. The van der Waals surface area contributed by atoms with Gasteiger partial charge in [-0.2, -0.15) is 0 Å². The molecule has 1 aliphatic carbocycles. The average molecular weight is 334 g/mol. The molecule has 1 aliphatic rings. The molecule has 2 N–H and O–H groups in total. The van der Waals surface area contributed by atoms with Gasteiger partial charge in [0.15, 0.2) is 0 Å². The van der Waals surface area contributed by atoms with Gasteiger partial charge in [0.2, 0.25) is 5.91 Å². The number of nitro benzene ring substituents is 1. The Kier molecular flexibility index (Phi) is 5.54. The van der Waals surface area contributed by atoms with Crippen LogP contribution in [0.1, 0.15) is 50.5 Å². The van der Waals surface area contributed by atoms with Crippen LogP contribution in [0, 0.1) is 22.5 Å². The topological polar surface area (TPSA) is 110 Å². The second kappa shape index (κ2) is 7.42. The third-order valence-electron chi connectivity index (χ3n) is 4.75. The lowest BCUT2D eigenvalue weighted by molar-refractivity contribution is -0.385. The minimum Gasteiger partial charge on any atom is -0.481 e. The molecule has 0 saturated heterocycles. The summed E-state index contributed by atoms with van der Waals surface area (Å²) in [6.45, 7) is 1.58. The van der Waals surface area contributed by atoms with Crippen LogP contribution < -0.4 is 5.32 Å². The van der Waals surface area contributed by atoms with Crippen molar-refractivity contribution in [3.8, 4) is 0 Å². The quantitative estimate of drug-likeness (QED) is 0.609. The smallest absolute Gasteiger partial charge is 0.303 e. The maximum Gasteiger partial charge on any atom is 0.303 e. The number of carboxylic acids is 1. The van der Waals surface area contributed by atoms with Crippen LogP contribution in [0.5, 0.6) is 0 Å². The molecule has 1 fully saturated rings. The van der Waals surface area contributed by atoms with Crippen molar-refractivity contribution in [1.29, 1.82) is 0 Å². The van der Waals surface area contributed by atoms with Crippen LogP contribution in [0.2, 0.25) is 0 Å². The highest BCUT2D eigenvalue weighted by Gasteiger charge is 2.36. The first kappa shape index (κ1) is 17.9. The highest BCUT2D eigenvalue weighted by molar-refractivity contribution is 5.92. The predicted molar refractivity (Wildman–Crippen MR) is 88.9 cm³/mol. The van der Waals surface area contributed by atoms with Gasteiger partial charge < -0.3 is 10.4 Å². The van der Waals surface area contributed by atoms with Crippen molar-refractivity contribution in [3.63, 3.8) is 0 Å². The molecule has 0 heterocycles. The summed E-state index contributed by atoms with van der Waals surface area (Å²) in [6, 6.07) is 4.53. The molecular formula is C17H22N2O5. The van der Waals surface area contributed by atoms with E-state index >= 15 is 0 Å². The molecule has 0 spiro atoms. The molecule has 0 aromatic heterocycles. The lowest BCUT2D eigenvalue weighted by Gasteiger charge is -2.35. The zero-order valence-corrected chi connectivity index (χ0v) is 13.7. The third-order valence-corrected chi connectivity index (χ3v) is 4.75. The average Bonchev–Trinajstić information content (AvgIpc) is 2.48. The highest BCUT2D eigenvalue weighted by Crippen LogP contribution is 2.42. The van der Waals surface area contributed by atoms with Gasteiger partial charge in [-0.3, -0.25) is 19.7 Å². The van der Waals surface area contributed by atoms with Crippen LogP contribution in [0.25, 0.3) is 0 Å². The second-order valence-corrected chi connectivity index (χ2v) is 6.56. The normalized spacial score (nSPS) is 16.4. The summed E-state index contributed by atoms with van der Waals surface area (Å²) < 4.78 is 0. The summed E-state index contributed by atoms with van der Waals surface area (Å²) in [6.07, 6.45) is 4.47. The van der Waals surface area contributed by atoms with E-state index in [1.165, 1.54) is 12.1 Å². The molecule has 0 aliphatic heterocycles. The zero-order chi connectivity index (χ0) is 17.7. The molecule has 7 nitrogen and oxygen atoms in total. The lowest BCUT2D eigenvalue weighted by atomic mass is 9.69. The number of nitro groups is 1. The zero-order valence-electron chi connectivity index (χ0n) is 13.7. The monoisotopic (exact) mass is 334 g/mol. The Hall–Kier alpha value is -2.44. The number of nitrogens with one attached hydrogen (secondary N) is 1. The number of rotatable bonds is 6. The fraction of sp³-hybridized carbons (Fsp3) is 0.529. The second-order valence-electron chi connectivity index (χ2n) is 6.56. The van der Waals surface area contributed by atoms with E-state index in [4.69, 9.17) is 5.11 Å². The van der Waals surface area contributed by atoms with Gasteiger partial charge in [0, 0.05) is 12.5 Å². The van der Waals surface area contributed by atoms with E-state index in [9.17, 15) is 19.7 Å².